The van der Waals surface area contributed by atoms with E-state index in [0.717, 1.165) is 35.4 Å². The normalized spacial score (nSPS) is 15.7. The zero-order valence-corrected chi connectivity index (χ0v) is 10.1. The Hall–Kier alpha value is -1.77. The second kappa shape index (κ2) is 3.91. The second-order valence-electron chi connectivity index (χ2n) is 4.75. The fourth-order valence-corrected chi connectivity index (χ4v) is 2.55. The minimum atomic E-state index is 0.827. The number of pyridine rings is 1. The molecular formula is C14H17N3. The predicted octanol–water partition coefficient (Wildman–Crippen LogP) is 2.73. The van der Waals surface area contributed by atoms with Gasteiger partial charge in [-0.05, 0) is 44.0 Å². The van der Waals surface area contributed by atoms with Gasteiger partial charge in [-0.1, -0.05) is 0 Å². The van der Waals surface area contributed by atoms with Crippen molar-refractivity contribution in [2.75, 3.05) is 23.7 Å². The third-order valence-electron chi connectivity index (χ3n) is 3.42. The Balaban J connectivity index is 2.11. The quantitative estimate of drug-likeness (QED) is 0.814. The molecule has 2 heterocycles. The smallest absolute Gasteiger partial charge is 0.0727 e. The van der Waals surface area contributed by atoms with E-state index < -0.39 is 0 Å². The number of rotatable bonds is 1. The highest BCUT2D eigenvalue weighted by Crippen LogP contribution is 2.27. The molecule has 88 valence electrons. The van der Waals surface area contributed by atoms with E-state index in [1.165, 1.54) is 18.5 Å². The standard InChI is InChI=1S/C14H17N3/c1-10-8-13(15)12-9-11(4-5-14(12)16-10)17-6-2-3-7-17/h4-5,8-9H,2-3,6-7H2,1H3,(H2,15,16). The van der Waals surface area contributed by atoms with Crippen molar-refractivity contribution in [3.63, 3.8) is 0 Å². The Morgan fingerprint density at radius 3 is 2.71 bits per heavy atom. The molecule has 1 aliphatic heterocycles. The second-order valence-corrected chi connectivity index (χ2v) is 4.75. The van der Waals surface area contributed by atoms with Crippen LogP contribution in [-0.4, -0.2) is 18.1 Å². The number of anilines is 2. The van der Waals surface area contributed by atoms with Crippen molar-refractivity contribution in [1.82, 2.24) is 4.98 Å². The van der Waals surface area contributed by atoms with Gasteiger partial charge >= 0.3 is 0 Å². The van der Waals surface area contributed by atoms with Crippen LogP contribution in [0.4, 0.5) is 11.4 Å². The lowest BCUT2D eigenvalue weighted by Gasteiger charge is -2.18. The first-order valence-electron chi connectivity index (χ1n) is 6.16. The molecule has 17 heavy (non-hydrogen) atoms. The Kier molecular flexibility index (Phi) is 2.39. The van der Waals surface area contributed by atoms with Gasteiger partial charge in [-0.2, -0.15) is 0 Å². The Labute approximate surface area is 101 Å². The zero-order valence-electron chi connectivity index (χ0n) is 10.1. The number of hydrogen-bond acceptors (Lipinski definition) is 3. The van der Waals surface area contributed by atoms with Crippen LogP contribution in [0, 0.1) is 6.92 Å². The fraction of sp³-hybridized carbons (Fsp3) is 0.357. The molecule has 3 rings (SSSR count). The fourth-order valence-electron chi connectivity index (χ4n) is 2.55. The summed E-state index contributed by atoms with van der Waals surface area (Å²) in [4.78, 5) is 6.92. The van der Waals surface area contributed by atoms with Gasteiger partial charge < -0.3 is 10.6 Å². The third kappa shape index (κ3) is 1.82. The average molecular weight is 227 g/mol. The lowest BCUT2D eigenvalue weighted by molar-refractivity contribution is 0.949. The number of aryl methyl sites for hydroxylation is 1. The van der Waals surface area contributed by atoms with E-state index in [-0.39, 0.29) is 0 Å². The van der Waals surface area contributed by atoms with Crippen LogP contribution in [0.15, 0.2) is 24.3 Å². The largest absolute Gasteiger partial charge is 0.398 e. The summed E-state index contributed by atoms with van der Waals surface area (Å²) in [6.07, 6.45) is 2.58. The lowest BCUT2D eigenvalue weighted by Crippen LogP contribution is -2.17. The van der Waals surface area contributed by atoms with Gasteiger partial charge in [0.15, 0.2) is 0 Å². The highest BCUT2D eigenvalue weighted by molar-refractivity contribution is 5.92. The van der Waals surface area contributed by atoms with Gasteiger partial charge in [0.2, 0.25) is 0 Å². The van der Waals surface area contributed by atoms with Crippen molar-refractivity contribution in [3.05, 3.63) is 30.0 Å². The number of nitrogens with zero attached hydrogens (tertiary/aromatic N) is 2. The van der Waals surface area contributed by atoms with Crippen LogP contribution >= 0.6 is 0 Å². The molecule has 1 aliphatic rings. The van der Waals surface area contributed by atoms with Crippen LogP contribution in [0.25, 0.3) is 10.9 Å². The number of benzene rings is 1. The van der Waals surface area contributed by atoms with Crippen molar-refractivity contribution in [1.29, 1.82) is 0 Å². The number of hydrogen-bond donors (Lipinski definition) is 1. The summed E-state index contributed by atoms with van der Waals surface area (Å²) >= 11 is 0. The van der Waals surface area contributed by atoms with E-state index in [9.17, 15) is 0 Å². The number of aromatic nitrogens is 1. The maximum Gasteiger partial charge on any atom is 0.0727 e. The maximum atomic E-state index is 6.07. The van der Waals surface area contributed by atoms with Gasteiger partial charge in [-0.15, -0.1) is 0 Å². The monoisotopic (exact) mass is 227 g/mol. The van der Waals surface area contributed by atoms with Gasteiger partial charge in [-0.25, -0.2) is 0 Å². The minimum Gasteiger partial charge on any atom is -0.398 e. The van der Waals surface area contributed by atoms with E-state index in [4.69, 9.17) is 5.73 Å². The van der Waals surface area contributed by atoms with Crippen molar-refractivity contribution < 1.29 is 0 Å². The van der Waals surface area contributed by atoms with E-state index in [1.807, 2.05) is 13.0 Å². The molecule has 0 unspecified atom stereocenters. The summed E-state index contributed by atoms with van der Waals surface area (Å²) in [5, 5.41) is 1.07. The van der Waals surface area contributed by atoms with Crippen LogP contribution in [0.1, 0.15) is 18.5 Å². The van der Waals surface area contributed by atoms with Crippen LogP contribution < -0.4 is 10.6 Å². The van der Waals surface area contributed by atoms with Crippen molar-refractivity contribution in [3.8, 4) is 0 Å². The molecule has 3 nitrogen and oxygen atoms in total. The highest BCUT2D eigenvalue weighted by atomic mass is 15.1. The van der Waals surface area contributed by atoms with E-state index in [1.54, 1.807) is 0 Å². The summed E-state index contributed by atoms with van der Waals surface area (Å²) < 4.78 is 0. The summed E-state index contributed by atoms with van der Waals surface area (Å²) in [6, 6.07) is 8.34. The molecule has 3 heteroatoms. The maximum absolute atomic E-state index is 6.07. The number of nitrogen functional groups attached to an aromatic ring is 1. The van der Waals surface area contributed by atoms with E-state index in [0.29, 0.717) is 0 Å². The summed E-state index contributed by atoms with van der Waals surface area (Å²) in [6.45, 7) is 4.29. The molecule has 0 bridgehead atoms. The number of nitrogens with two attached hydrogens (primary N) is 1. The first-order chi connectivity index (χ1) is 8.24. The average Bonchev–Trinajstić information content (AvgIpc) is 2.82. The molecule has 1 aromatic heterocycles. The third-order valence-corrected chi connectivity index (χ3v) is 3.42. The molecule has 0 spiro atoms. The van der Waals surface area contributed by atoms with Crippen LogP contribution in [0.5, 0.6) is 0 Å². The topological polar surface area (TPSA) is 42.1 Å². The van der Waals surface area contributed by atoms with E-state index >= 15 is 0 Å². The molecule has 1 fully saturated rings. The molecule has 0 atom stereocenters. The van der Waals surface area contributed by atoms with Gasteiger partial charge in [-0.3, -0.25) is 4.98 Å². The Morgan fingerprint density at radius 2 is 1.94 bits per heavy atom. The Bertz CT molecular complexity index is 557. The Morgan fingerprint density at radius 1 is 1.18 bits per heavy atom. The zero-order chi connectivity index (χ0) is 11.8. The SMILES string of the molecule is Cc1cc(N)c2cc(N3CCCC3)ccc2n1. The lowest BCUT2D eigenvalue weighted by atomic mass is 10.1. The van der Waals surface area contributed by atoms with Gasteiger partial charge in [0.25, 0.3) is 0 Å². The van der Waals surface area contributed by atoms with Crippen molar-refractivity contribution >= 4 is 22.3 Å². The molecule has 2 aromatic rings. The first-order valence-corrected chi connectivity index (χ1v) is 6.16. The predicted molar refractivity (Wildman–Crippen MR) is 72.3 cm³/mol. The molecule has 0 amide bonds. The molecule has 1 aromatic carbocycles. The molecule has 0 aliphatic carbocycles. The molecule has 0 radical (unpaired) electrons. The molecule has 1 saturated heterocycles. The number of fused-ring (bicyclic) bond motifs is 1. The highest BCUT2D eigenvalue weighted by Gasteiger charge is 2.13. The van der Waals surface area contributed by atoms with E-state index in [2.05, 4.69) is 28.1 Å². The van der Waals surface area contributed by atoms with Crippen LogP contribution in [-0.2, 0) is 0 Å². The molecule has 0 saturated carbocycles. The van der Waals surface area contributed by atoms with Crippen LogP contribution in [0.3, 0.4) is 0 Å². The summed E-state index contributed by atoms with van der Waals surface area (Å²) in [5.74, 6) is 0. The molecule has 2 N–H and O–H groups in total. The van der Waals surface area contributed by atoms with Gasteiger partial charge in [0, 0.05) is 35.5 Å². The van der Waals surface area contributed by atoms with Gasteiger partial charge in [0.1, 0.15) is 0 Å². The summed E-state index contributed by atoms with van der Waals surface area (Å²) in [7, 11) is 0. The first kappa shape index (κ1) is 10.4. The van der Waals surface area contributed by atoms with Gasteiger partial charge in [0.05, 0.1) is 5.52 Å². The van der Waals surface area contributed by atoms with Crippen molar-refractivity contribution in [2.45, 2.75) is 19.8 Å². The summed E-state index contributed by atoms with van der Waals surface area (Å²) in [5.41, 5.74) is 10.1. The minimum absolute atomic E-state index is 0.827. The molecular weight excluding hydrogens is 210 g/mol. The van der Waals surface area contributed by atoms with Crippen molar-refractivity contribution in [2.24, 2.45) is 0 Å². The van der Waals surface area contributed by atoms with Crippen LogP contribution in [0.2, 0.25) is 0 Å².